The molecule has 2 saturated heterocycles. The van der Waals surface area contributed by atoms with Gasteiger partial charge in [0.15, 0.2) is 0 Å². The van der Waals surface area contributed by atoms with Crippen LogP contribution in [-0.4, -0.2) is 24.1 Å². The van der Waals surface area contributed by atoms with Gasteiger partial charge in [0.1, 0.15) is 12.2 Å². The maximum atomic E-state index is 13.9. The van der Waals surface area contributed by atoms with Gasteiger partial charge in [-0.1, -0.05) is 48.5 Å². The lowest BCUT2D eigenvalue weighted by Gasteiger charge is -2.90. The zero-order chi connectivity index (χ0) is 20.9. The Morgan fingerprint density at radius 3 is 1.48 bits per heavy atom. The van der Waals surface area contributed by atoms with E-state index in [1.54, 1.807) is 0 Å². The number of hydrogen-bond donors (Lipinski definition) is 0. The third-order valence-corrected chi connectivity index (χ3v) is 9.89. The zero-order valence-electron chi connectivity index (χ0n) is 17.6. The molecule has 0 radical (unpaired) electrons. The van der Waals surface area contributed by atoms with Gasteiger partial charge in [0.2, 0.25) is 0 Å². The van der Waals surface area contributed by atoms with Gasteiger partial charge < -0.3 is 9.47 Å². The lowest BCUT2D eigenvalue weighted by molar-refractivity contribution is -0.365. The summed E-state index contributed by atoms with van der Waals surface area (Å²) in [6.07, 6.45) is 0.0450. The maximum Gasteiger partial charge on any atom is 0.313 e. The van der Waals surface area contributed by atoms with Crippen molar-refractivity contribution in [1.29, 1.82) is 0 Å². The quantitative estimate of drug-likeness (QED) is 0.607. The van der Waals surface area contributed by atoms with Crippen LogP contribution in [0.15, 0.2) is 48.5 Å². The van der Waals surface area contributed by atoms with Crippen LogP contribution in [0.2, 0.25) is 0 Å². The summed E-state index contributed by atoms with van der Waals surface area (Å²) in [5, 5.41) is 0. The number of ether oxygens (including phenoxy) is 2. The molecular formula is C27H24O4. The maximum absolute atomic E-state index is 13.9. The van der Waals surface area contributed by atoms with E-state index in [0.717, 1.165) is 0 Å². The Hall–Kier alpha value is -2.62. The van der Waals surface area contributed by atoms with E-state index in [1.165, 1.54) is 22.3 Å². The van der Waals surface area contributed by atoms with Crippen molar-refractivity contribution in [3.05, 3.63) is 70.8 Å². The summed E-state index contributed by atoms with van der Waals surface area (Å²) >= 11 is 0. The average molecular weight is 412 g/mol. The van der Waals surface area contributed by atoms with Gasteiger partial charge in [-0.25, -0.2) is 0 Å². The molecule has 2 spiro atoms. The summed E-state index contributed by atoms with van der Waals surface area (Å²) in [6.45, 7) is 3.85. The standard InChI is InChI=1S/C27H24O4/c1-12-11-13(2)31-25(29)27-21-17-10-6-4-8-15(17)18-20-16-9-5-3-7-14(16)19(21)23(27)26(20,22(18)27)24(28)30-12/h3-10,12-13,18-23H,11H2,1-2H3/t12-,13-,18?,19?,20?,21?,22?,23?,26?,27?/m1/s1. The Labute approximate surface area is 180 Å². The molecule has 0 amide bonds. The van der Waals surface area contributed by atoms with Gasteiger partial charge >= 0.3 is 11.9 Å². The monoisotopic (exact) mass is 412 g/mol. The SMILES string of the molecule is C[C@@H]1C[C@@H](C)OC(=O)C23C4c5ccccc5C5C6c7ccccc7C4C2C6(C(=O)O1)C53. The molecule has 0 N–H and O–H groups in total. The zero-order valence-corrected chi connectivity index (χ0v) is 17.6. The van der Waals surface area contributed by atoms with Gasteiger partial charge in [-0.05, 0) is 47.9 Å². The van der Waals surface area contributed by atoms with Gasteiger partial charge in [-0.3, -0.25) is 9.59 Å². The molecule has 2 heterocycles. The molecule has 9 rings (SSSR count). The first-order valence-corrected chi connectivity index (χ1v) is 11.6. The lowest BCUT2D eigenvalue weighted by Crippen LogP contribution is -2.91. The fourth-order valence-corrected chi connectivity index (χ4v) is 9.50. The van der Waals surface area contributed by atoms with Crippen LogP contribution in [0.1, 0.15) is 66.2 Å². The Morgan fingerprint density at radius 1 is 0.677 bits per heavy atom. The van der Waals surface area contributed by atoms with Crippen LogP contribution in [0, 0.1) is 22.7 Å². The van der Waals surface area contributed by atoms with Crippen molar-refractivity contribution in [1.82, 2.24) is 0 Å². The molecule has 4 nitrogen and oxygen atoms in total. The third-order valence-electron chi connectivity index (χ3n) is 9.89. The number of carbonyl (C=O) groups is 2. The van der Waals surface area contributed by atoms with Gasteiger partial charge in [-0.2, -0.15) is 0 Å². The number of hydrogen-bond acceptors (Lipinski definition) is 4. The molecule has 2 bridgehead atoms. The minimum Gasteiger partial charge on any atom is -0.462 e. The number of benzene rings is 2. The van der Waals surface area contributed by atoms with Crippen molar-refractivity contribution in [3.63, 3.8) is 0 Å². The van der Waals surface area contributed by atoms with Crippen molar-refractivity contribution in [3.8, 4) is 0 Å². The first-order valence-electron chi connectivity index (χ1n) is 11.6. The molecule has 4 unspecified atom stereocenters. The molecule has 2 aromatic carbocycles. The smallest absolute Gasteiger partial charge is 0.313 e. The molecule has 4 heteroatoms. The fourth-order valence-electron chi connectivity index (χ4n) is 9.50. The van der Waals surface area contributed by atoms with E-state index in [9.17, 15) is 9.59 Å². The highest BCUT2D eigenvalue weighted by atomic mass is 16.6. The Morgan fingerprint density at radius 2 is 1.06 bits per heavy atom. The summed E-state index contributed by atoms with van der Waals surface area (Å²) in [4.78, 5) is 27.8. The highest BCUT2D eigenvalue weighted by molar-refractivity contribution is 5.97. The molecule has 6 atom stereocenters. The molecule has 0 aromatic heterocycles. The molecular weight excluding hydrogens is 388 g/mol. The first-order chi connectivity index (χ1) is 15.0. The predicted molar refractivity (Wildman–Crippen MR) is 111 cm³/mol. The van der Waals surface area contributed by atoms with Crippen LogP contribution in [-0.2, 0) is 19.1 Å². The van der Waals surface area contributed by atoms with E-state index in [2.05, 4.69) is 48.5 Å². The molecule has 5 aliphatic carbocycles. The number of carbonyl (C=O) groups excluding carboxylic acids is 2. The summed E-state index contributed by atoms with van der Waals surface area (Å²) in [5.74, 6) is 0.406. The van der Waals surface area contributed by atoms with Crippen molar-refractivity contribution in [2.24, 2.45) is 22.7 Å². The second-order valence-corrected chi connectivity index (χ2v) is 10.8. The minimum absolute atomic E-state index is 0.00277. The van der Waals surface area contributed by atoms with Gasteiger partial charge in [0.05, 0.1) is 10.8 Å². The number of rotatable bonds is 0. The summed E-state index contributed by atoms with van der Waals surface area (Å²) in [7, 11) is 0. The number of esters is 2. The number of fused-ring (bicyclic) bond motifs is 14. The largest absolute Gasteiger partial charge is 0.462 e. The molecule has 7 aliphatic rings. The Balaban J connectivity index is 1.46. The fraction of sp³-hybridized carbons (Fsp3) is 0.481. The Bertz CT molecular complexity index is 1110. The second kappa shape index (κ2) is 4.90. The molecule has 3 saturated carbocycles. The van der Waals surface area contributed by atoms with Crippen LogP contribution in [0.4, 0.5) is 0 Å². The topological polar surface area (TPSA) is 52.6 Å². The van der Waals surface area contributed by atoms with Crippen LogP contribution < -0.4 is 0 Å². The second-order valence-electron chi connectivity index (χ2n) is 10.8. The van der Waals surface area contributed by atoms with Crippen LogP contribution in [0.5, 0.6) is 0 Å². The van der Waals surface area contributed by atoms with E-state index in [0.29, 0.717) is 6.42 Å². The van der Waals surface area contributed by atoms with E-state index in [-0.39, 0.29) is 59.7 Å². The normalized spacial score (nSPS) is 49.1. The third kappa shape index (κ3) is 1.42. The molecule has 2 aliphatic heterocycles. The van der Waals surface area contributed by atoms with Crippen LogP contribution in [0.25, 0.3) is 0 Å². The molecule has 5 fully saturated rings. The van der Waals surface area contributed by atoms with E-state index >= 15 is 0 Å². The summed E-state index contributed by atoms with van der Waals surface area (Å²) in [5.41, 5.74) is 4.15. The van der Waals surface area contributed by atoms with Gasteiger partial charge in [-0.15, -0.1) is 0 Å². The van der Waals surface area contributed by atoms with Crippen molar-refractivity contribution < 1.29 is 19.1 Å². The van der Waals surface area contributed by atoms with Crippen molar-refractivity contribution >= 4 is 11.9 Å². The highest BCUT2D eigenvalue weighted by Crippen LogP contribution is 2.99. The van der Waals surface area contributed by atoms with Gasteiger partial charge in [0.25, 0.3) is 0 Å². The van der Waals surface area contributed by atoms with Crippen LogP contribution in [0.3, 0.4) is 0 Å². The van der Waals surface area contributed by atoms with Gasteiger partial charge in [0, 0.05) is 30.1 Å². The van der Waals surface area contributed by atoms with Crippen molar-refractivity contribution in [2.45, 2.75) is 56.1 Å². The Kier molecular flexibility index (Phi) is 2.68. The van der Waals surface area contributed by atoms with E-state index in [1.807, 2.05) is 13.8 Å². The van der Waals surface area contributed by atoms with E-state index in [4.69, 9.17) is 9.47 Å². The molecule has 31 heavy (non-hydrogen) atoms. The molecule has 2 aromatic rings. The predicted octanol–water partition coefficient (Wildman–Crippen LogP) is 4.26. The average Bonchev–Trinajstić information content (AvgIpc) is 2.68. The van der Waals surface area contributed by atoms with Crippen molar-refractivity contribution in [2.75, 3.05) is 0 Å². The van der Waals surface area contributed by atoms with E-state index < -0.39 is 10.8 Å². The highest BCUT2D eigenvalue weighted by Gasteiger charge is 2.99. The lowest BCUT2D eigenvalue weighted by atomic mass is 9.09. The summed E-state index contributed by atoms with van der Waals surface area (Å²) < 4.78 is 12.2. The summed E-state index contributed by atoms with van der Waals surface area (Å²) in [6, 6.07) is 17.3. The van der Waals surface area contributed by atoms with Crippen LogP contribution >= 0.6 is 0 Å². The molecule has 156 valence electrons. The minimum atomic E-state index is -0.568. The first kappa shape index (κ1) is 17.0.